The van der Waals surface area contributed by atoms with Gasteiger partial charge in [-0.25, -0.2) is 9.99 Å². The highest BCUT2D eigenvalue weighted by molar-refractivity contribution is 5.83. The summed E-state index contributed by atoms with van der Waals surface area (Å²) in [7, 11) is 1.81. The Morgan fingerprint density at radius 1 is 1.12 bits per heavy atom. The third-order valence-electron chi connectivity index (χ3n) is 5.33. The van der Waals surface area contributed by atoms with Crippen LogP contribution in [0.5, 0.6) is 5.88 Å². The molecule has 4 heterocycles. The second-order valence-corrected chi connectivity index (χ2v) is 7.66. The molecule has 4 aromatic rings. The number of alkyl halides is 3. The third kappa shape index (κ3) is 3.83. The van der Waals surface area contributed by atoms with Crippen molar-refractivity contribution in [3.05, 3.63) is 76.8 Å². The number of aryl methyl sites for hydroxylation is 1. The number of pyridine rings is 2. The zero-order chi connectivity index (χ0) is 24.0. The number of aromatic nitrogens is 4. The molecule has 0 radical (unpaired) electrons. The van der Waals surface area contributed by atoms with E-state index in [-0.39, 0.29) is 11.1 Å². The molecule has 1 unspecified atom stereocenters. The topological polar surface area (TPSA) is 88.7 Å². The summed E-state index contributed by atoms with van der Waals surface area (Å²) in [5.74, 6) is 0.311. The van der Waals surface area contributed by atoms with Gasteiger partial charge in [0, 0.05) is 42.0 Å². The maximum atomic E-state index is 13.1. The van der Waals surface area contributed by atoms with Gasteiger partial charge in [-0.2, -0.15) is 23.4 Å². The molecule has 1 aliphatic heterocycles. The highest BCUT2D eigenvalue weighted by atomic mass is 19.4. The number of halogens is 3. The van der Waals surface area contributed by atoms with Crippen molar-refractivity contribution in [1.82, 2.24) is 19.7 Å². The molecular weight excluding hydrogens is 449 g/mol. The van der Waals surface area contributed by atoms with Gasteiger partial charge in [0.05, 0.1) is 17.8 Å². The first-order valence-electron chi connectivity index (χ1n) is 10.4. The fourth-order valence-corrected chi connectivity index (χ4v) is 3.84. The fourth-order valence-electron chi connectivity index (χ4n) is 3.84. The van der Waals surface area contributed by atoms with Crippen LogP contribution in [0.15, 0.2) is 60.0 Å². The Labute approximate surface area is 191 Å². The van der Waals surface area contributed by atoms with E-state index in [2.05, 4.69) is 20.2 Å². The van der Waals surface area contributed by atoms with E-state index in [1.165, 1.54) is 11.1 Å². The zero-order valence-electron chi connectivity index (χ0n) is 18.2. The normalized spacial score (nSPS) is 15.9. The first kappa shape index (κ1) is 21.8. The number of aliphatic hydroxyl groups is 1. The van der Waals surface area contributed by atoms with E-state index in [9.17, 15) is 18.3 Å². The molecule has 0 amide bonds. The Morgan fingerprint density at radius 2 is 1.94 bits per heavy atom. The number of benzene rings is 1. The summed E-state index contributed by atoms with van der Waals surface area (Å²) < 4.78 is 46.3. The molecule has 5 rings (SSSR count). The van der Waals surface area contributed by atoms with Crippen molar-refractivity contribution < 1.29 is 23.0 Å². The van der Waals surface area contributed by atoms with Crippen LogP contribution < -0.4 is 20.5 Å². The molecule has 1 N–H and O–H groups in total. The Hall–Kier alpha value is -3.99. The van der Waals surface area contributed by atoms with Crippen molar-refractivity contribution in [2.75, 3.05) is 11.6 Å². The summed E-state index contributed by atoms with van der Waals surface area (Å²) in [6, 6.07) is 10.9. The number of aliphatic hydroxyl groups excluding tert-OH is 1. The number of hydrogen-bond donors (Lipinski definition) is 1. The van der Waals surface area contributed by atoms with Crippen molar-refractivity contribution >= 4 is 22.2 Å². The average Bonchev–Trinajstić information content (AvgIpc) is 3.17. The molecule has 0 bridgehead atoms. The van der Waals surface area contributed by atoms with E-state index < -0.39 is 18.1 Å². The Bertz CT molecular complexity index is 1500. The van der Waals surface area contributed by atoms with Crippen LogP contribution in [0.3, 0.4) is 0 Å². The second kappa shape index (κ2) is 8.10. The van der Waals surface area contributed by atoms with Gasteiger partial charge in [-0.15, -0.1) is 0 Å². The van der Waals surface area contributed by atoms with Crippen LogP contribution in [0.1, 0.15) is 18.2 Å². The lowest BCUT2D eigenvalue weighted by atomic mass is 10.0. The third-order valence-corrected chi connectivity index (χ3v) is 5.33. The lowest BCUT2D eigenvalue weighted by Crippen LogP contribution is -2.47. The van der Waals surface area contributed by atoms with Crippen molar-refractivity contribution in [3.8, 4) is 5.88 Å². The maximum Gasteiger partial charge on any atom is 0.433 e. The van der Waals surface area contributed by atoms with Gasteiger partial charge >= 0.3 is 6.18 Å². The summed E-state index contributed by atoms with van der Waals surface area (Å²) in [4.78, 5) is 8.02. The van der Waals surface area contributed by atoms with Crippen molar-refractivity contribution in [2.24, 2.45) is 12.1 Å². The predicted octanol–water partition coefficient (Wildman–Crippen LogP) is 2.35. The maximum absolute atomic E-state index is 13.1. The lowest BCUT2D eigenvalue weighted by molar-refractivity contribution is -0.141. The van der Waals surface area contributed by atoms with Crippen LogP contribution in [0, 0.1) is 0 Å². The zero-order valence-corrected chi connectivity index (χ0v) is 18.2. The van der Waals surface area contributed by atoms with E-state index in [0.717, 1.165) is 23.2 Å². The summed E-state index contributed by atoms with van der Waals surface area (Å²) >= 11 is 0. The van der Waals surface area contributed by atoms with Crippen molar-refractivity contribution in [1.29, 1.82) is 0 Å². The molecule has 0 saturated heterocycles. The summed E-state index contributed by atoms with van der Waals surface area (Å²) in [6.07, 6.45) is -3.01. The summed E-state index contributed by atoms with van der Waals surface area (Å²) in [6.45, 7) is 2.18. The SMILES string of the molecule is CCOc1ccc2c(n1)=C(c1ccc(C(F)(F)F)nc1)C(O)N(c1ccc3nn(C)cc3c1)N=2. The molecule has 174 valence electrons. The molecule has 3 aromatic heterocycles. The van der Waals surface area contributed by atoms with Crippen molar-refractivity contribution in [2.45, 2.75) is 19.3 Å². The molecule has 8 nitrogen and oxygen atoms in total. The van der Waals surface area contributed by atoms with E-state index in [0.29, 0.717) is 28.9 Å². The highest BCUT2D eigenvalue weighted by Crippen LogP contribution is 2.30. The minimum absolute atomic E-state index is 0.263. The quantitative estimate of drug-likeness (QED) is 0.495. The highest BCUT2D eigenvalue weighted by Gasteiger charge is 2.33. The van der Waals surface area contributed by atoms with Crippen LogP contribution in [-0.4, -0.2) is 37.7 Å². The largest absolute Gasteiger partial charge is 0.478 e. The Morgan fingerprint density at radius 3 is 2.65 bits per heavy atom. The van der Waals surface area contributed by atoms with E-state index in [1.54, 1.807) is 42.9 Å². The molecule has 1 aromatic carbocycles. The van der Waals surface area contributed by atoms with E-state index in [1.807, 2.05) is 12.3 Å². The summed E-state index contributed by atoms with van der Waals surface area (Å²) in [5.41, 5.74) is 0.869. The van der Waals surface area contributed by atoms with Crippen LogP contribution in [0.25, 0.3) is 16.5 Å². The molecule has 0 saturated carbocycles. The molecule has 0 spiro atoms. The van der Waals surface area contributed by atoms with Crippen LogP contribution in [0.4, 0.5) is 18.9 Å². The first-order chi connectivity index (χ1) is 16.2. The van der Waals surface area contributed by atoms with Gasteiger partial charge < -0.3 is 9.84 Å². The number of hydrogen-bond acceptors (Lipinski definition) is 7. The van der Waals surface area contributed by atoms with Crippen LogP contribution in [-0.2, 0) is 13.2 Å². The van der Waals surface area contributed by atoms with Gasteiger partial charge in [-0.05, 0) is 37.3 Å². The van der Waals surface area contributed by atoms with Crippen molar-refractivity contribution in [3.63, 3.8) is 0 Å². The fraction of sp³-hybridized carbons (Fsp3) is 0.217. The molecule has 0 aliphatic carbocycles. The monoisotopic (exact) mass is 468 g/mol. The molecule has 34 heavy (non-hydrogen) atoms. The molecule has 11 heteroatoms. The smallest absolute Gasteiger partial charge is 0.433 e. The molecule has 1 atom stereocenters. The second-order valence-electron chi connectivity index (χ2n) is 7.66. The number of ether oxygens (including phenoxy) is 1. The average molecular weight is 468 g/mol. The Kier molecular flexibility index (Phi) is 5.20. The minimum atomic E-state index is -4.58. The molecule has 0 fully saturated rings. The van der Waals surface area contributed by atoms with Gasteiger partial charge in [0.15, 0.2) is 6.23 Å². The number of rotatable bonds is 4. The molecule has 1 aliphatic rings. The number of fused-ring (bicyclic) bond motifs is 2. The van der Waals surface area contributed by atoms with Gasteiger partial charge in [0.1, 0.15) is 16.4 Å². The molecular formula is C23H19F3N6O2. The number of anilines is 1. The lowest BCUT2D eigenvalue weighted by Gasteiger charge is -2.29. The van der Waals surface area contributed by atoms with E-state index >= 15 is 0 Å². The Balaban J connectivity index is 1.69. The van der Waals surface area contributed by atoms with E-state index in [4.69, 9.17) is 4.74 Å². The van der Waals surface area contributed by atoms with Gasteiger partial charge in [-0.1, -0.05) is 6.07 Å². The number of nitrogens with zero attached hydrogens (tertiary/aromatic N) is 6. The minimum Gasteiger partial charge on any atom is -0.478 e. The van der Waals surface area contributed by atoms with Gasteiger partial charge in [0.2, 0.25) is 5.88 Å². The van der Waals surface area contributed by atoms with Gasteiger partial charge in [0.25, 0.3) is 0 Å². The predicted molar refractivity (Wildman–Crippen MR) is 117 cm³/mol. The summed E-state index contributed by atoms with van der Waals surface area (Å²) in [5, 5.41) is 23.2. The van der Waals surface area contributed by atoms with Crippen LogP contribution in [0.2, 0.25) is 0 Å². The standard InChI is InChI=1S/C23H19F3N6O2/c1-3-34-19-9-7-17-21(28-19)20(13-4-8-18(27-11-13)23(24,25)26)22(33)32(30-17)15-5-6-16-14(10-15)12-31(2)29-16/h4-12,22,33H,3H2,1-2H3. The van der Waals surface area contributed by atoms with Crippen LogP contribution >= 0.6 is 0 Å². The van der Waals surface area contributed by atoms with Gasteiger partial charge in [-0.3, -0.25) is 9.67 Å². The first-order valence-corrected chi connectivity index (χ1v) is 10.4.